The topological polar surface area (TPSA) is 103 Å². The highest BCUT2D eigenvalue weighted by Gasteiger charge is 2.34. The summed E-state index contributed by atoms with van der Waals surface area (Å²) in [5.41, 5.74) is 3.08. The number of alkyl halides is 3. The summed E-state index contributed by atoms with van der Waals surface area (Å²) < 4.78 is 74.3. The van der Waals surface area contributed by atoms with Gasteiger partial charge in [0.15, 0.2) is 0 Å². The number of aryl methyl sites for hydroxylation is 3. The highest BCUT2D eigenvalue weighted by molar-refractivity contribution is 7.90. The van der Waals surface area contributed by atoms with Crippen LogP contribution >= 0.6 is 11.6 Å². The number of nitrogens with zero attached hydrogens (tertiary/aromatic N) is 3. The Morgan fingerprint density at radius 3 is 2.27 bits per heavy atom. The van der Waals surface area contributed by atoms with Crippen LogP contribution in [0.3, 0.4) is 0 Å². The van der Waals surface area contributed by atoms with Gasteiger partial charge in [0.2, 0.25) is 0 Å². The van der Waals surface area contributed by atoms with E-state index in [4.69, 9.17) is 16.3 Å². The first-order valence-electron chi connectivity index (χ1n) is 13.9. The molecule has 1 N–H and O–H groups in total. The van der Waals surface area contributed by atoms with E-state index in [-0.39, 0.29) is 17.0 Å². The Labute approximate surface area is 262 Å². The molecule has 0 radical (unpaired) electrons. The van der Waals surface area contributed by atoms with E-state index >= 15 is 0 Å². The lowest BCUT2D eigenvalue weighted by molar-refractivity contribution is -0.137. The maximum absolute atomic E-state index is 13.6. The third kappa shape index (κ3) is 7.81. The van der Waals surface area contributed by atoms with E-state index < -0.39 is 32.9 Å². The van der Waals surface area contributed by atoms with Crippen molar-refractivity contribution in [2.75, 3.05) is 6.61 Å². The van der Waals surface area contributed by atoms with Crippen LogP contribution in [0.2, 0.25) is 5.02 Å². The fraction of sp³-hybridized carbons (Fsp3) is 0.219. The fourth-order valence-electron chi connectivity index (χ4n) is 4.81. The average molecular weight is 657 g/mol. The Morgan fingerprint density at radius 2 is 1.60 bits per heavy atom. The highest BCUT2D eigenvalue weighted by atomic mass is 35.5. The predicted molar refractivity (Wildman–Crippen MR) is 164 cm³/mol. The second kappa shape index (κ2) is 13.3. The van der Waals surface area contributed by atoms with Crippen molar-refractivity contribution in [1.29, 1.82) is 0 Å². The Morgan fingerprint density at radius 1 is 0.933 bits per heavy atom. The molecule has 0 aliphatic heterocycles. The number of hydrogen-bond donors (Lipinski definition) is 1. The number of fused-ring (bicyclic) bond motifs is 1. The molecule has 0 saturated carbocycles. The number of pyridine rings is 1. The quantitative estimate of drug-likeness (QED) is 0.170. The van der Waals surface area contributed by atoms with Gasteiger partial charge in [-0.15, -0.1) is 0 Å². The molecule has 2 heterocycles. The first kappa shape index (κ1) is 32.0. The van der Waals surface area contributed by atoms with E-state index in [0.717, 1.165) is 29.2 Å². The van der Waals surface area contributed by atoms with E-state index in [0.29, 0.717) is 36.3 Å². The van der Waals surface area contributed by atoms with Gasteiger partial charge in [-0.2, -0.15) is 13.2 Å². The second-order valence-corrected chi connectivity index (χ2v) is 12.5. The summed E-state index contributed by atoms with van der Waals surface area (Å²) in [6, 6.07) is 19.3. The zero-order valence-corrected chi connectivity index (χ0v) is 25.6. The Balaban J connectivity index is 1.30. The van der Waals surface area contributed by atoms with Gasteiger partial charge in [0, 0.05) is 30.9 Å². The number of nitrogens with one attached hydrogen (secondary N) is 1. The first-order chi connectivity index (χ1) is 21.4. The van der Waals surface area contributed by atoms with E-state index in [1.54, 1.807) is 53.4 Å². The Bertz CT molecular complexity index is 1910. The lowest BCUT2D eigenvalue weighted by Gasteiger charge is -2.12. The van der Waals surface area contributed by atoms with E-state index in [9.17, 15) is 26.4 Å². The van der Waals surface area contributed by atoms with Crippen LogP contribution in [0.5, 0.6) is 0 Å². The minimum atomic E-state index is -4.62. The number of amides is 1. The minimum absolute atomic E-state index is 0.0553. The molecule has 0 fully saturated rings. The molecule has 0 aliphatic rings. The molecule has 8 nitrogen and oxygen atoms in total. The molecule has 0 atom stereocenters. The van der Waals surface area contributed by atoms with Gasteiger partial charge in [0.1, 0.15) is 5.82 Å². The maximum atomic E-state index is 13.6. The van der Waals surface area contributed by atoms with Crippen molar-refractivity contribution in [1.82, 2.24) is 19.3 Å². The molecule has 0 saturated heterocycles. The zero-order valence-electron chi connectivity index (χ0n) is 24.0. The molecule has 5 rings (SSSR count). The molecule has 2 aromatic heterocycles. The molecule has 0 aliphatic carbocycles. The van der Waals surface area contributed by atoms with E-state index in [2.05, 4.69) is 9.97 Å². The van der Waals surface area contributed by atoms with Crippen molar-refractivity contribution in [2.45, 2.75) is 43.7 Å². The first-order valence-corrected chi connectivity index (χ1v) is 15.8. The van der Waals surface area contributed by atoms with Crippen LogP contribution < -0.4 is 4.72 Å². The average Bonchev–Trinajstić information content (AvgIpc) is 3.34. The van der Waals surface area contributed by atoms with Crippen molar-refractivity contribution in [3.63, 3.8) is 0 Å². The van der Waals surface area contributed by atoms with Crippen molar-refractivity contribution in [2.24, 2.45) is 0 Å². The lowest BCUT2D eigenvalue weighted by Crippen LogP contribution is -2.31. The van der Waals surface area contributed by atoms with Crippen LogP contribution in [0.25, 0.3) is 16.7 Å². The van der Waals surface area contributed by atoms with Crippen LogP contribution in [-0.4, -0.2) is 35.7 Å². The molecule has 0 spiro atoms. The van der Waals surface area contributed by atoms with Gasteiger partial charge in [-0.1, -0.05) is 41.4 Å². The smallest absolute Gasteiger partial charge is 0.421 e. The normalized spacial score (nSPS) is 11.9. The number of imidazole rings is 1. The molecular weight excluding hydrogens is 629 g/mol. The van der Waals surface area contributed by atoms with Gasteiger partial charge in [-0.3, -0.25) is 9.55 Å². The van der Waals surface area contributed by atoms with Gasteiger partial charge in [-0.05, 0) is 79.4 Å². The monoisotopic (exact) mass is 656 g/mol. The molecule has 234 valence electrons. The van der Waals surface area contributed by atoms with Crippen molar-refractivity contribution in [3.05, 3.63) is 118 Å². The zero-order chi connectivity index (χ0) is 32.2. The fourth-order valence-corrected chi connectivity index (χ4v) is 5.97. The molecule has 13 heteroatoms. The van der Waals surface area contributed by atoms with Crippen LogP contribution in [0.4, 0.5) is 18.0 Å². The standard InChI is InChI=1S/C32H28ClF3N4O4S/c1-21-5-11-25(12-6-21)45(42,43)39-31(41)44-18-15-23-7-9-24(10-8-23)40-29-20-27(33)26(32(34,35)36)19-28(29)38-30(40)4-2-3-22-13-16-37-17-14-22/h5-14,16-17,19-20H,2-4,15,18H2,1H3,(H,39,41). The number of halogens is 4. The van der Waals surface area contributed by atoms with Crippen molar-refractivity contribution in [3.8, 4) is 5.69 Å². The lowest BCUT2D eigenvalue weighted by atomic mass is 10.1. The Hall–Kier alpha value is -4.42. The molecular formula is C32H28ClF3N4O4S. The maximum Gasteiger partial charge on any atom is 0.421 e. The number of rotatable bonds is 10. The SMILES string of the molecule is Cc1ccc(S(=O)(=O)NC(=O)OCCc2ccc(-n3c(CCCc4ccncc4)nc4cc(C(F)(F)F)c(Cl)cc43)cc2)cc1. The number of sulfonamides is 1. The van der Waals surface area contributed by atoms with Crippen molar-refractivity contribution < 1.29 is 31.1 Å². The summed E-state index contributed by atoms with van der Waals surface area (Å²) in [7, 11) is -4.07. The van der Waals surface area contributed by atoms with Crippen molar-refractivity contribution >= 4 is 38.8 Å². The molecule has 0 bridgehead atoms. The molecule has 45 heavy (non-hydrogen) atoms. The molecule has 0 unspecified atom stereocenters. The van der Waals surface area contributed by atoms with Gasteiger partial charge in [0.25, 0.3) is 10.0 Å². The van der Waals surface area contributed by atoms with Crippen LogP contribution in [0.15, 0.2) is 90.1 Å². The second-order valence-electron chi connectivity index (χ2n) is 10.4. The summed E-state index contributed by atoms with van der Waals surface area (Å²) in [6.07, 6.45) is -0.0846. The number of carbonyl (C=O) groups is 1. The van der Waals surface area contributed by atoms with Gasteiger partial charge in [-0.25, -0.2) is 22.9 Å². The Kier molecular flexibility index (Phi) is 9.45. The summed E-state index contributed by atoms with van der Waals surface area (Å²) in [5.74, 6) is 0.581. The molecule has 1 amide bonds. The number of aromatic nitrogens is 3. The summed E-state index contributed by atoms with van der Waals surface area (Å²) in [5, 5.41) is -0.420. The van der Waals surface area contributed by atoms with E-state index in [1.165, 1.54) is 18.2 Å². The number of ether oxygens (including phenoxy) is 1. The summed E-state index contributed by atoms with van der Waals surface area (Å²) >= 11 is 6.08. The van der Waals surface area contributed by atoms with Gasteiger partial charge < -0.3 is 4.74 Å². The molecule has 3 aromatic carbocycles. The predicted octanol–water partition coefficient (Wildman–Crippen LogP) is 7.23. The third-order valence-corrected chi connectivity index (χ3v) is 8.74. The molecule has 5 aromatic rings. The largest absolute Gasteiger partial charge is 0.448 e. The van der Waals surface area contributed by atoms with Gasteiger partial charge >= 0.3 is 12.3 Å². The number of carbonyl (C=O) groups excluding carboxylic acids is 1. The number of hydrogen-bond acceptors (Lipinski definition) is 6. The third-order valence-electron chi connectivity index (χ3n) is 7.10. The van der Waals surface area contributed by atoms with E-state index in [1.807, 2.05) is 23.8 Å². The number of benzene rings is 3. The minimum Gasteiger partial charge on any atom is -0.448 e. The summed E-state index contributed by atoms with van der Waals surface area (Å²) in [4.78, 5) is 20.7. The van der Waals surface area contributed by atoms with Crippen LogP contribution in [-0.2, 0) is 40.2 Å². The van der Waals surface area contributed by atoms with Crippen LogP contribution in [0.1, 0.15) is 34.5 Å². The van der Waals surface area contributed by atoms with Gasteiger partial charge in [0.05, 0.1) is 33.1 Å². The van der Waals surface area contributed by atoms with Crippen LogP contribution in [0, 0.1) is 6.92 Å². The highest BCUT2D eigenvalue weighted by Crippen LogP contribution is 2.38. The summed E-state index contributed by atoms with van der Waals surface area (Å²) in [6.45, 7) is 1.73.